The van der Waals surface area contributed by atoms with Gasteiger partial charge in [-0.3, -0.25) is 0 Å². The molecule has 1 aromatic rings. The number of hydrogen-bond donors (Lipinski definition) is 1. The van der Waals surface area contributed by atoms with E-state index in [1.807, 2.05) is 0 Å². The Morgan fingerprint density at radius 3 is 1.88 bits per heavy atom. The highest BCUT2D eigenvalue weighted by Gasteiger charge is 2.58. The van der Waals surface area contributed by atoms with Gasteiger partial charge in [0.25, 0.3) is 0 Å². The summed E-state index contributed by atoms with van der Waals surface area (Å²) < 4.78 is 65.4. The predicted octanol–water partition coefficient (Wildman–Crippen LogP) is 2.73. The van der Waals surface area contributed by atoms with Crippen LogP contribution in [0.25, 0.3) is 0 Å². The first kappa shape index (κ1) is 12.3. The number of benzene rings is 1. The maximum atomic E-state index is 13.5. The van der Waals surface area contributed by atoms with Crippen molar-refractivity contribution in [2.75, 3.05) is 6.54 Å². The molecule has 0 spiro atoms. The summed E-state index contributed by atoms with van der Waals surface area (Å²) >= 11 is 0. The molecule has 0 unspecified atom stereocenters. The van der Waals surface area contributed by atoms with Crippen LogP contribution in [-0.4, -0.2) is 12.5 Å². The smallest absolute Gasteiger partial charge is 0.250 e. The van der Waals surface area contributed by atoms with Gasteiger partial charge in [0.05, 0.1) is 0 Å². The van der Waals surface area contributed by atoms with Crippen molar-refractivity contribution in [2.45, 2.75) is 24.2 Å². The summed E-state index contributed by atoms with van der Waals surface area (Å²) in [6.07, 6.45) is -1.42. The van der Waals surface area contributed by atoms with Gasteiger partial charge in [-0.25, -0.2) is 22.0 Å². The second kappa shape index (κ2) is 3.66. The molecule has 0 saturated heterocycles. The molecule has 1 fully saturated rings. The van der Waals surface area contributed by atoms with Gasteiger partial charge >= 0.3 is 0 Å². The number of nitrogens with two attached hydrogens (primary N) is 1. The molecule has 0 aromatic heterocycles. The van der Waals surface area contributed by atoms with Crippen molar-refractivity contribution in [3.63, 3.8) is 0 Å². The number of hydrogen-bond acceptors (Lipinski definition) is 1. The zero-order chi connectivity index (χ0) is 12.8. The van der Waals surface area contributed by atoms with Crippen LogP contribution in [0.1, 0.15) is 18.4 Å². The lowest BCUT2D eigenvalue weighted by Crippen LogP contribution is -2.54. The van der Waals surface area contributed by atoms with Crippen molar-refractivity contribution in [1.82, 2.24) is 0 Å². The van der Waals surface area contributed by atoms with Crippen LogP contribution < -0.4 is 5.73 Å². The van der Waals surface area contributed by atoms with E-state index in [0.29, 0.717) is 12.1 Å². The maximum Gasteiger partial charge on any atom is 0.250 e. The summed E-state index contributed by atoms with van der Waals surface area (Å²) in [5.74, 6) is -6.37. The zero-order valence-corrected chi connectivity index (χ0v) is 8.74. The van der Waals surface area contributed by atoms with Crippen LogP contribution in [0.5, 0.6) is 0 Å². The van der Waals surface area contributed by atoms with Gasteiger partial charge in [0, 0.05) is 42.5 Å². The zero-order valence-electron chi connectivity index (χ0n) is 8.74. The van der Waals surface area contributed by atoms with Gasteiger partial charge in [-0.15, -0.1) is 0 Å². The number of alkyl halides is 2. The predicted molar refractivity (Wildman–Crippen MR) is 51.2 cm³/mol. The van der Waals surface area contributed by atoms with E-state index >= 15 is 0 Å². The standard InChI is InChI=1S/C11H10F5N/c12-6-1-7(13)9(8(14)2-6)10(5-17)3-11(15,16)4-10/h1-2H,3-5,17H2. The van der Waals surface area contributed by atoms with Crippen LogP contribution in [0, 0.1) is 17.5 Å². The molecule has 6 heteroatoms. The highest BCUT2D eigenvalue weighted by molar-refractivity contribution is 5.34. The molecule has 2 rings (SSSR count). The van der Waals surface area contributed by atoms with Crippen LogP contribution in [0.3, 0.4) is 0 Å². The van der Waals surface area contributed by atoms with Gasteiger partial charge in [0.2, 0.25) is 5.92 Å². The normalized spacial score (nSPS) is 21.1. The molecule has 1 saturated carbocycles. The molecule has 17 heavy (non-hydrogen) atoms. The van der Waals surface area contributed by atoms with Crippen molar-refractivity contribution < 1.29 is 22.0 Å². The SMILES string of the molecule is NCC1(c2c(F)cc(F)cc2F)CC(F)(F)C1. The molecule has 0 aliphatic heterocycles. The molecule has 94 valence electrons. The Morgan fingerprint density at radius 2 is 1.53 bits per heavy atom. The van der Waals surface area contributed by atoms with Crippen molar-refractivity contribution in [1.29, 1.82) is 0 Å². The van der Waals surface area contributed by atoms with Crippen molar-refractivity contribution in [2.24, 2.45) is 5.73 Å². The van der Waals surface area contributed by atoms with Crippen molar-refractivity contribution in [3.8, 4) is 0 Å². The third-order valence-corrected chi connectivity index (χ3v) is 3.12. The third-order valence-electron chi connectivity index (χ3n) is 3.12. The largest absolute Gasteiger partial charge is 0.330 e. The van der Waals surface area contributed by atoms with Crippen LogP contribution in [-0.2, 0) is 5.41 Å². The van der Waals surface area contributed by atoms with E-state index in [0.717, 1.165) is 0 Å². The fourth-order valence-corrected chi connectivity index (χ4v) is 2.41. The summed E-state index contributed by atoms with van der Waals surface area (Å²) in [6.45, 7) is -0.304. The van der Waals surface area contributed by atoms with Crippen LogP contribution >= 0.6 is 0 Å². The Hall–Kier alpha value is -1.17. The fraction of sp³-hybridized carbons (Fsp3) is 0.455. The Balaban J connectivity index is 2.47. The summed E-state index contributed by atoms with van der Waals surface area (Å²) in [6, 6.07) is 0.957. The topological polar surface area (TPSA) is 26.0 Å². The van der Waals surface area contributed by atoms with E-state index in [2.05, 4.69) is 0 Å². The highest BCUT2D eigenvalue weighted by Crippen LogP contribution is 2.53. The Bertz CT molecular complexity index is 426. The maximum absolute atomic E-state index is 13.5. The average molecular weight is 251 g/mol. The molecule has 2 N–H and O–H groups in total. The van der Waals surface area contributed by atoms with E-state index in [1.54, 1.807) is 0 Å². The van der Waals surface area contributed by atoms with Gasteiger partial charge < -0.3 is 5.73 Å². The molecular weight excluding hydrogens is 241 g/mol. The lowest BCUT2D eigenvalue weighted by atomic mass is 9.62. The Morgan fingerprint density at radius 1 is 1.06 bits per heavy atom. The van der Waals surface area contributed by atoms with Crippen LogP contribution in [0.4, 0.5) is 22.0 Å². The number of rotatable bonds is 2. The van der Waals surface area contributed by atoms with E-state index in [1.165, 1.54) is 0 Å². The fourth-order valence-electron chi connectivity index (χ4n) is 2.41. The molecule has 1 aliphatic carbocycles. The summed E-state index contributed by atoms with van der Waals surface area (Å²) in [7, 11) is 0. The van der Waals surface area contributed by atoms with Gasteiger partial charge in [-0.05, 0) is 0 Å². The second-order valence-electron chi connectivity index (χ2n) is 4.44. The molecule has 1 aromatic carbocycles. The van der Waals surface area contributed by atoms with Crippen LogP contribution in [0.2, 0.25) is 0 Å². The minimum Gasteiger partial charge on any atom is -0.330 e. The highest BCUT2D eigenvalue weighted by atomic mass is 19.3. The Labute approximate surface area is 94.4 Å². The molecule has 0 bridgehead atoms. The van der Waals surface area contributed by atoms with Crippen LogP contribution in [0.15, 0.2) is 12.1 Å². The number of halogens is 5. The Kier molecular flexibility index (Phi) is 2.65. The van der Waals surface area contributed by atoms with Crippen molar-refractivity contribution in [3.05, 3.63) is 35.1 Å². The molecule has 1 nitrogen and oxygen atoms in total. The van der Waals surface area contributed by atoms with Gasteiger partial charge in [-0.1, -0.05) is 0 Å². The van der Waals surface area contributed by atoms with Gasteiger partial charge in [0.15, 0.2) is 0 Å². The first-order chi connectivity index (χ1) is 7.80. The molecule has 0 amide bonds. The quantitative estimate of drug-likeness (QED) is 0.803. The lowest BCUT2D eigenvalue weighted by molar-refractivity contribution is -0.125. The first-order valence-electron chi connectivity index (χ1n) is 5.03. The van der Waals surface area contributed by atoms with Crippen molar-refractivity contribution >= 4 is 0 Å². The van der Waals surface area contributed by atoms with E-state index < -0.39 is 47.2 Å². The summed E-state index contributed by atoms with van der Waals surface area (Å²) in [5.41, 5.74) is 3.38. The molecule has 1 aliphatic rings. The lowest BCUT2D eigenvalue weighted by Gasteiger charge is -2.47. The minimum atomic E-state index is -2.97. The molecule has 0 atom stereocenters. The first-order valence-corrected chi connectivity index (χ1v) is 5.03. The van der Waals surface area contributed by atoms with Gasteiger partial charge in [0.1, 0.15) is 17.5 Å². The monoisotopic (exact) mass is 251 g/mol. The van der Waals surface area contributed by atoms with E-state index in [-0.39, 0.29) is 6.54 Å². The summed E-state index contributed by atoms with van der Waals surface area (Å²) in [4.78, 5) is 0. The third kappa shape index (κ3) is 1.90. The molecule has 0 heterocycles. The summed E-state index contributed by atoms with van der Waals surface area (Å²) in [5, 5.41) is 0. The average Bonchev–Trinajstić information content (AvgIpc) is 2.12. The van der Waals surface area contributed by atoms with E-state index in [9.17, 15) is 22.0 Å². The molecular formula is C11H10F5N. The minimum absolute atomic E-state index is 0.304. The van der Waals surface area contributed by atoms with E-state index in [4.69, 9.17) is 5.73 Å². The van der Waals surface area contributed by atoms with Gasteiger partial charge in [-0.2, -0.15) is 0 Å². The molecule has 0 radical (unpaired) electrons. The second-order valence-corrected chi connectivity index (χ2v) is 4.44.